The lowest BCUT2D eigenvalue weighted by Crippen LogP contribution is -2.25. The molecule has 0 radical (unpaired) electrons. The van der Waals surface area contributed by atoms with Crippen LogP contribution in [-0.4, -0.2) is 29.1 Å². The van der Waals surface area contributed by atoms with Crippen LogP contribution in [0.2, 0.25) is 0 Å². The van der Waals surface area contributed by atoms with Crippen molar-refractivity contribution in [1.29, 1.82) is 0 Å². The van der Waals surface area contributed by atoms with Gasteiger partial charge < -0.3 is 19.9 Å². The Bertz CT molecular complexity index is 1030. The molecule has 1 aromatic heterocycles. The Balaban J connectivity index is 1.58. The van der Waals surface area contributed by atoms with Crippen molar-refractivity contribution in [2.75, 3.05) is 14.2 Å². The number of aromatic hydroxyl groups is 1. The second-order valence-corrected chi connectivity index (χ2v) is 7.85. The Morgan fingerprint density at radius 2 is 1.90 bits per heavy atom. The van der Waals surface area contributed by atoms with Gasteiger partial charge >= 0.3 is 0 Å². The van der Waals surface area contributed by atoms with Crippen LogP contribution in [0.15, 0.2) is 36.5 Å². The number of nitrogens with one attached hydrogen (secondary N) is 1. The summed E-state index contributed by atoms with van der Waals surface area (Å²) in [5.41, 5.74) is 7.24. The van der Waals surface area contributed by atoms with E-state index in [-0.39, 0.29) is 11.8 Å². The molecule has 6 heteroatoms. The van der Waals surface area contributed by atoms with Crippen molar-refractivity contribution in [3.8, 4) is 22.9 Å². The molecular weight excluding hydrogens is 378 g/mol. The summed E-state index contributed by atoms with van der Waals surface area (Å²) in [4.78, 5) is 0. The molecule has 0 bridgehead atoms. The molecule has 0 saturated heterocycles. The standard InChI is InChI=1S/C24H29N3O3/c1-15-7-5-9-20(16(15)2)27-21-10-6-8-19(18(21)14-26-27)25-13-17-11-22(29-3)24(28)23(12-17)30-4/h5,7,9,11-12,14,19,25,28H,6,8,10,13H2,1-4H3. The SMILES string of the molecule is COc1cc(CNC2CCCc3c2cnn3-c2cccc(C)c2C)cc(OC)c1O. The first-order chi connectivity index (χ1) is 14.5. The number of benzene rings is 2. The van der Waals surface area contributed by atoms with Crippen molar-refractivity contribution in [1.82, 2.24) is 15.1 Å². The number of aromatic nitrogens is 2. The molecule has 4 rings (SSSR count). The molecule has 1 aliphatic carbocycles. The van der Waals surface area contributed by atoms with E-state index in [0.29, 0.717) is 18.0 Å². The Hall–Kier alpha value is -2.99. The highest BCUT2D eigenvalue weighted by Gasteiger charge is 2.25. The van der Waals surface area contributed by atoms with Crippen molar-refractivity contribution < 1.29 is 14.6 Å². The topological polar surface area (TPSA) is 68.5 Å². The van der Waals surface area contributed by atoms with Gasteiger partial charge in [0.15, 0.2) is 11.5 Å². The van der Waals surface area contributed by atoms with Crippen LogP contribution < -0.4 is 14.8 Å². The maximum atomic E-state index is 10.1. The lowest BCUT2D eigenvalue weighted by molar-refractivity contribution is 0.338. The third-order valence-corrected chi connectivity index (χ3v) is 6.08. The Morgan fingerprint density at radius 3 is 2.60 bits per heavy atom. The van der Waals surface area contributed by atoms with Gasteiger partial charge in [0, 0.05) is 23.8 Å². The van der Waals surface area contributed by atoms with E-state index >= 15 is 0 Å². The van der Waals surface area contributed by atoms with Crippen molar-refractivity contribution in [2.24, 2.45) is 0 Å². The summed E-state index contributed by atoms with van der Waals surface area (Å²) in [6, 6.07) is 10.3. The molecule has 6 nitrogen and oxygen atoms in total. The molecule has 0 fully saturated rings. The van der Waals surface area contributed by atoms with Crippen LogP contribution in [0.3, 0.4) is 0 Å². The van der Waals surface area contributed by atoms with Gasteiger partial charge in [-0.2, -0.15) is 5.10 Å². The maximum Gasteiger partial charge on any atom is 0.200 e. The summed E-state index contributed by atoms with van der Waals surface area (Å²) < 4.78 is 12.7. The number of methoxy groups -OCH3 is 2. The molecular formula is C24H29N3O3. The van der Waals surface area contributed by atoms with E-state index in [1.54, 1.807) is 14.2 Å². The van der Waals surface area contributed by atoms with Gasteiger partial charge in [0.25, 0.3) is 0 Å². The first kappa shape index (κ1) is 20.3. The molecule has 2 aromatic carbocycles. The van der Waals surface area contributed by atoms with Gasteiger partial charge in [-0.05, 0) is 68.0 Å². The second-order valence-electron chi connectivity index (χ2n) is 7.85. The number of phenolic OH excluding ortho intramolecular Hbond substituents is 1. The summed E-state index contributed by atoms with van der Waals surface area (Å²) in [7, 11) is 3.08. The molecule has 1 atom stereocenters. The molecule has 2 N–H and O–H groups in total. The van der Waals surface area contributed by atoms with Crippen molar-refractivity contribution in [2.45, 2.75) is 45.7 Å². The average molecular weight is 408 g/mol. The van der Waals surface area contributed by atoms with Gasteiger partial charge in [0.2, 0.25) is 5.75 Å². The van der Waals surface area contributed by atoms with E-state index in [1.165, 1.54) is 22.4 Å². The second kappa shape index (κ2) is 8.40. The number of nitrogens with zero attached hydrogens (tertiary/aromatic N) is 2. The molecule has 0 amide bonds. The van der Waals surface area contributed by atoms with Crippen LogP contribution in [0.5, 0.6) is 17.2 Å². The predicted octanol–water partition coefficient (Wildman–Crippen LogP) is 4.38. The van der Waals surface area contributed by atoms with E-state index in [9.17, 15) is 5.11 Å². The molecule has 0 spiro atoms. The zero-order valence-corrected chi connectivity index (χ0v) is 18.0. The van der Waals surface area contributed by atoms with Gasteiger partial charge in [0.1, 0.15) is 0 Å². The Morgan fingerprint density at radius 1 is 1.17 bits per heavy atom. The van der Waals surface area contributed by atoms with Crippen molar-refractivity contribution >= 4 is 0 Å². The lowest BCUT2D eigenvalue weighted by atomic mass is 9.92. The number of ether oxygens (including phenoxy) is 2. The minimum Gasteiger partial charge on any atom is -0.502 e. The Labute approximate surface area is 177 Å². The van der Waals surface area contributed by atoms with E-state index < -0.39 is 0 Å². The summed E-state index contributed by atoms with van der Waals surface area (Å²) in [5.74, 6) is 0.856. The van der Waals surface area contributed by atoms with Crippen LogP contribution in [0, 0.1) is 13.8 Å². The first-order valence-corrected chi connectivity index (χ1v) is 10.3. The van der Waals surface area contributed by atoms with Gasteiger partial charge in [-0.3, -0.25) is 0 Å². The molecule has 1 aliphatic rings. The molecule has 0 aliphatic heterocycles. The molecule has 1 unspecified atom stereocenters. The minimum absolute atomic E-state index is 0.0264. The average Bonchev–Trinajstić information content (AvgIpc) is 3.19. The number of hydrogen-bond donors (Lipinski definition) is 2. The Kier molecular flexibility index (Phi) is 5.68. The molecule has 30 heavy (non-hydrogen) atoms. The number of rotatable bonds is 6. The number of fused-ring (bicyclic) bond motifs is 1. The largest absolute Gasteiger partial charge is 0.502 e. The minimum atomic E-state index is 0.0264. The maximum absolute atomic E-state index is 10.1. The van der Waals surface area contributed by atoms with Gasteiger partial charge in [-0.15, -0.1) is 0 Å². The van der Waals surface area contributed by atoms with Crippen LogP contribution in [-0.2, 0) is 13.0 Å². The van der Waals surface area contributed by atoms with Gasteiger partial charge in [-0.1, -0.05) is 12.1 Å². The van der Waals surface area contributed by atoms with E-state index in [0.717, 1.165) is 30.5 Å². The lowest BCUT2D eigenvalue weighted by Gasteiger charge is -2.25. The summed E-state index contributed by atoms with van der Waals surface area (Å²) >= 11 is 0. The predicted molar refractivity (Wildman–Crippen MR) is 117 cm³/mol. The summed E-state index contributed by atoms with van der Waals surface area (Å²) in [6.45, 7) is 4.94. The fraction of sp³-hybridized carbons (Fsp3) is 0.375. The highest BCUT2D eigenvalue weighted by molar-refractivity contribution is 5.53. The van der Waals surface area contributed by atoms with Crippen molar-refractivity contribution in [3.05, 3.63) is 64.5 Å². The van der Waals surface area contributed by atoms with E-state index in [1.807, 2.05) is 18.3 Å². The fourth-order valence-corrected chi connectivity index (χ4v) is 4.23. The quantitative estimate of drug-likeness (QED) is 0.635. The van der Waals surface area contributed by atoms with Crippen LogP contribution in [0.25, 0.3) is 5.69 Å². The van der Waals surface area contributed by atoms with E-state index in [4.69, 9.17) is 14.6 Å². The molecule has 0 saturated carbocycles. The van der Waals surface area contributed by atoms with Crippen LogP contribution >= 0.6 is 0 Å². The third kappa shape index (κ3) is 3.63. The van der Waals surface area contributed by atoms with Crippen LogP contribution in [0.4, 0.5) is 0 Å². The first-order valence-electron chi connectivity index (χ1n) is 10.3. The molecule has 158 valence electrons. The highest BCUT2D eigenvalue weighted by Crippen LogP contribution is 2.38. The highest BCUT2D eigenvalue weighted by atomic mass is 16.5. The van der Waals surface area contributed by atoms with Gasteiger partial charge in [-0.25, -0.2) is 4.68 Å². The monoisotopic (exact) mass is 407 g/mol. The number of hydrogen-bond acceptors (Lipinski definition) is 5. The van der Waals surface area contributed by atoms with Gasteiger partial charge in [0.05, 0.1) is 26.1 Å². The summed E-state index contributed by atoms with van der Waals surface area (Å²) in [6.07, 6.45) is 5.22. The summed E-state index contributed by atoms with van der Waals surface area (Å²) in [5, 5.41) is 18.5. The normalized spacial score (nSPS) is 15.7. The van der Waals surface area contributed by atoms with Crippen LogP contribution in [0.1, 0.15) is 46.8 Å². The smallest absolute Gasteiger partial charge is 0.200 e. The third-order valence-electron chi connectivity index (χ3n) is 6.08. The molecule has 3 aromatic rings. The number of aryl methyl sites for hydroxylation is 1. The number of phenols is 1. The zero-order chi connectivity index (χ0) is 21.3. The fourth-order valence-electron chi connectivity index (χ4n) is 4.23. The zero-order valence-electron chi connectivity index (χ0n) is 18.0. The molecule has 1 heterocycles. The van der Waals surface area contributed by atoms with Crippen molar-refractivity contribution in [3.63, 3.8) is 0 Å². The van der Waals surface area contributed by atoms with E-state index in [2.05, 4.69) is 42.0 Å².